The Labute approximate surface area is 208 Å². The van der Waals surface area contributed by atoms with Crippen molar-refractivity contribution in [3.05, 3.63) is 116 Å². The largest absolute Gasteiger partial charge is 0.347 e. The summed E-state index contributed by atoms with van der Waals surface area (Å²) in [5.74, 6) is -0.126. The van der Waals surface area contributed by atoms with Gasteiger partial charge in [0, 0.05) is 23.5 Å². The van der Waals surface area contributed by atoms with Crippen molar-refractivity contribution in [1.82, 2.24) is 9.88 Å². The number of hydrogen-bond donors (Lipinski definition) is 2. The molecule has 3 N–H and O–H groups in total. The summed E-state index contributed by atoms with van der Waals surface area (Å²) in [5.41, 5.74) is 10.5. The number of aryl methyl sites for hydroxylation is 1. The fraction of sp³-hybridized carbons (Fsp3) is 0.185. The van der Waals surface area contributed by atoms with E-state index in [1.54, 1.807) is 0 Å². The Balaban J connectivity index is 1.59. The average molecular weight is 491 g/mol. The van der Waals surface area contributed by atoms with Gasteiger partial charge in [0.05, 0.1) is 5.69 Å². The fourth-order valence-electron chi connectivity index (χ4n) is 3.59. The summed E-state index contributed by atoms with van der Waals surface area (Å²) in [4.78, 5) is 18.7. The third-order valence-corrected chi connectivity index (χ3v) is 6.57. The van der Waals surface area contributed by atoms with Gasteiger partial charge in [-0.2, -0.15) is 0 Å². The molecule has 7 heteroatoms. The summed E-state index contributed by atoms with van der Waals surface area (Å²) in [7, 11) is 0. The lowest BCUT2D eigenvalue weighted by atomic mass is 10.1. The van der Waals surface area contributed by atoms with Crippen LogP contribution in [0.25, 0.3) is 0 Å². The zero-order chi connectivity index (χ0) is 23.8. The van der Waals surface area contributed by atoms with Crippen molar-refractivity contribution >= 4 is 34.5 Å². The molecule has 0 aliphatic carbocycles. The molecule has 0 spiro atoms. The van der Waals surface area contributed by atoms with Crippen LogP contribution < -0.4 is 15.9 Å². The molecule has 0 saturated heterocycles. The van der Waals surface area contributed by atoms with Gasteiger partial charge in [0.1, 0.15) is 5.69 Å². The Morgan fingerprint density at radius 1 is 0.912 bits per heavy atom. The van der Waals surface area contributed by atoms with Gasteiger partial charge in [-0.05, 0) is 60.3 Å². The minimum Gasteiger partial charge on any atom is -0.347 e. The van der Waals surface area contributed by atoms with Gasteiger partial charge in [-0.25, -0.2) is 4.99 Å². The molecule has 0 fully saturated rings. The number of amides is 1. The van der Waals surface area contributed by atoms with Crippen LogP contribution in [0.2, 0.25) is 5.02 Å². The van der Waals surface area contributed by atoms with Crippen LogP contribution in [0, 0.1) is 0 Å². The maximum absolute atomic E-state index is 13.1. The molecule has 0 bridgehead atoms. The molecule has 4 aromatic rings. The molecule has 3 aromatic carbocycles. The van der Waals surface area contributed by atoms with Gasteiger partial charge in [0.25, 0.3) is 5.91 Å². The molecule has 5 nitrogen and oxygen atoms in total. The van der Waals surface area contributed by atoms with Gasteiger partial charge < -0.3 is 15.6 Å². The van der Waals surface area contributed by atoms with E-state index >= 15 is 0 Å². The summed E-state index contributed by atoms with van der Waals surface area (Å²) in [6.07, 6.45) is 1.64. The number of aromatic nitrogens is 1. The maximum Gasteiger partial charge on any atom is 0.269 e. The van der Waals surface area contributed by atoms with E-state index in [4.69, 9.17) is 22.3 Å². The predicted molar refractivity (Wildman–Crippen MR) is 140 cm³/mol. The second-order valence-electron chi connectivity index (χ2n) is 7.92. The molecule has 0 aliphatic rings. The summed E-state index contributed by atoms with van der Waals surface area (Å²) >= 11 is 7.44. The Morgan fingerprint density at radius 2 is 1.59 bits per heavy atom. The van der Waals surface area contributed by atoms with Crippen LogP contribution in [0.15, 0.2) is 89.2 Å². The molecule has 174 valence electrons. The molecule has 1 amide bonds. The summed E-state index contributed by atoms with van der Waals surface area (Å²) < 4.78 is 2.00. The van der Waals surface area contributed by atoms with Crippen LogP contribution in [0.4, 0.5) is 5.69 Å². The van der Waals surface area contributed by atoms with Crippen molar-refractivity contribution in [1.29, 1.82) is 0 Å². The highest BCUT2D eigenvalue weighted by atomic mass is 35.5. The van der Waals surface area contributed by atoms with Gasteiger partial charge in [-0.1, -0.05) is 66.2 Å². The van der Waals surface area contributed by atoms with Crippen molar-refractivity contribution < 1.29 is 4.79 Å². The highest BCUT2D eigenvalue weighted by Gasteiger charge is 2.14. The Kier molecular flexibility index (Phi) is 8.31. The second-order valence-corrected chi connectivity index (χ2v) is 9.19. The van der Waals surface area contributed by atoms with Crippen molar-refractivity contribution in [3.63, 3.8) is 0 Å². The number of hydrogen-bond acceptors (Lipinski definition) is 4. The van der Waals surface area contributed by atoms with Crippen molar-refractivity contribution in [3.8, 4) is 0 Å². The zero-order valence-electron chi connectivity index (χ0n) is 18.8. The van der Waals surface area contributed by atoms with Gasteiger partial charge >= 0.3 is 0 Å². The van der Waals surface area contributed by atoms with Crippen LogP contribution >= 0.6 is 22.9 Å². The third kappa shape index (κ3) is 6.44. The highest BCUT2D eigenvalue weighted by Crippen LogP contribution is 2.15. The van der Waals surface area contributed by atoms with Crippen molar-refractivity contribution in [2.24, 2.45) is 10.7 Å². The van der Waals surface area contributed by atoms with Crippen molar-refractivity contribution in [2.45, 2.75) is 25.9 Å². The molecule has 0 radical (unpaired) electrons. The Bertz CT molecular complexity index is 1280. The lowest BCUT2D eigenvalue weighted by molar-refractivity contribution is 0.0941. The number of thiazole rings is 1. The molecule has 4 rings (SSSR count). The lowest BCUT2D eigenvalue weighted by Crippen LogP contribution is -2.29. The normalized spacial score (nSPS) is 11.5. The Morgan fingerprint density at radius 3 is 2.29 bits per heavy atom. The van der Waals surface area contributed by atoms with E-state index in [9.17, 15) is 4.79 Å². The van der Waals surface area contributed by atoms with Gasteiger partial charge in [0.15, 0.2) is 4.80 Å². The first-order chi connectivity index (χ1) is 16.6. The first-order valence-electron chi connectivity index (χ1n) is 11.2. The van der Waals surface area contributed by atoms with Crippen molar-refractivity contribution in [2.75, 3.05) is 6.54 Å². The highest BCUT2D eigenvalue weighted by molar-refractivity contribution is 7.07. The number of nitrogens with zero attached hydrogens (tertiary/aromatic N) is 2. The molecule has 0 aliphatic heterocycles. The van der Waals surface area contributed by atoms with E-state index in [1.807, 2.05) is 76.7 Å². The van der Waals surface area contributed by atoms with Crippen LogP contribution in [0.3, 0.4) is 0 Å². The molecule has 1 heterocycles. The third-order valence-electron chi connectivity index (χ3n) is 5.46. The van der Waals surface area contributed by atoms with E-state index < -0.39 is 0 Å². The number of carbonyl (C=O) groups is 1. The first kappa shape index (κ1) is 24.0. The monoisotopic (exact) mass is 490 g/mol. The second kappa shape index (κ2) is 11.8. The maximum atomic E-state index is 13.1. The molecule has 1 aromatic heterocycles. The topological polar surface area (TPSA) is 72.4 Å². The summed E-state index contributed by atoms with van der Waals surface area (Å²) in [6, 6.07) is 25.8. The number of nitrogens with one attached hydrogen (secondary N) is 1. The molecular formula is C27H27ClN4OS. The van der Waals surface area contributed by atoms with E-state index in [1.165, 1.54) is 22.5 Å². The van der Waals surface area contributed by atoms with Crippen LogP contribution in [0.5, 0.6) is 0 Å². The number of rotatable bonds is 9. The summed E-state index contributed by atoms with van der Waals surface area (Å²) in [6.45, 7) is 1.70. The SMILES string of the molecule is NCCc1ccc(N=c2scc(C(=O)NCc3ccc(Cl)cc3)n2CCc2ccccc2)cc1. The van der Waals surface area contributed by atoms with E-state index in [0.29, 0.717) is 30.4 Å². The fourth-order valence-corrected chi connectivity index (χ4v) is 4.64. The Hall–Kier alpha value is -3.19. The van der Waals surface area contributed by atoms with Crippen LogP contribution in [0.1, 0.15) is 27.2 Å². The molecule has 0 atom stereocenters. The van der Waals surface area contributed by atoms with Gasteiger partial charge in [-0.15, -0.1) is 11.3 Å². The first-order valence-corrected chi connectivity index (χ1v) is 12.5. The molecular weight excluding hydrogens is 464 g/mol. The minimum absolute atomic E-state index is 0.126. The predicted octanol–water partition coefficient (Wildman–Crippen LogP) is 5.11. The minimum atomic E-state index is -0.126. The van der Waals surface area contributed by atoms with E-state index in [2.05, 4.69) is 17.4 Å². The quantitative estimate of drug-likeness (QED) is 0.342. The van der Waals surface area contributed by atoms with Gasteiger partial charge in [-0.3, -0.25) is 4.79 Å². The molecule has 0 saturated carbocycles. The standard InChI is InChI=1S/C27H27ClN4OS/c28-23-10-6-22(7-11-23)18-30-26(33)25-19-34-27(31-24-12-8-21(9-13-24)14-16-29)32(25)17-15-20-4-2-1-3-5-20/h1-13,19H,14-18,29H2,(H,30,33). The summed E-state index contributed by atoms with van der Waals surface area (Å²) in [5, 5.41) is 5.58. The number of halogens is 1. The van der Waals surface area contributed by atoms with Gasteiger partial charge in [0.2, 0.25) is 0 Å². The lowest BCUT2D eigenvalue weighted by Gasteiger charge is -2.10. The van der Waals surface area contributed by atoms with Crippen LogP contribution in [-0.2, 0) is 25.9 Å². The molecule has 0 unspecified atom stereocenters. The average Bonchev–Trinajstić information content (AvgIpc) is 3.26. The number of carbonyl (C=O) groups excluding carboxylic acids is 1. The number of nitrogens with two attached hydrogens (primary N) is 1. The number of benzene rings is 3. The van der Waals surface area contributed by atoms with Crippen LogP contribution in [-0.4, -0.2) is 17.0 Å². The smallest absolute Gasteiger partial charge is 0.269 e. The molecule has 34 heavy (non-hydrogen) atoms. The van der Waals surface area contributed by atoms with E-state index in [-0.39, 0.29) is 5.91 Å². The zero-order valence-corrected chi connectivity index (χ0v) is 20.4. The van der Waals surface area contributed by atoms with E-state index in [0.717, 1.165) is 28.9 Å².